The smallest absolute Gasteiger partial charge is 0.0724 e. The number of aromatic nitrogens is 4. The largest absolute Gasteiger partial charge is 0.308 e. The summed E-state index contributed by atoms with van der Waals surface area (Å²) < 4.78 is 4.65. The predicted octanol–water partition coefficient (Wildman–Crippen LogP) is 8.27. The molecule has 1 aliphatic carbocycles. The van der Waals surface area contributed by atoms with E-state index < -0.39 is 0 Å². The van der Waals surface area contributed by atoms with Crippen LogP contribution in [0.25, 0.3) is 55.0 Å². The summed E-state index contributed by atoms with van der Waals surface area (Å²) in [4.78, 5) is 8.82. The molecule has 0 spiro atoms. The summed E-state index contributed by atoms with van der Waals surface area (Å²) in [7, 11) is 0. The Balaban J connectivity index is 1.14. The molecule has 0 bridgehead atoms. The average molecular weight is 489 g/mol. The van der Waals surface area contributed by atoms with Crippen molar-refractivity contribution in [2.45, 2.75) is 12.3 Å². The van der Waals surface area contributed by atoms with Crippen LogP contribution in [0, 0.1) is 0 Å². The number of nitrogens with zero attached hydrogens (tertiary/aromatic N) is 4. The van der Waals surface area contributed by atoms with Gasteiger partial charge in [0, 0.05) is 51.2 Å². The van der Waals surface area contributed by atoms with E-state index in [1.807, 2.05) is 24.8 Å². The maximum absolute atomic E-state index is 4.42. The minimum Gasteiger partial charge on any atom is -0.308 e. The Morgan fingerprint density at radius 3 is 1.79 bits per heavy atom. The van der Waals surface area contributed by atoms with Gasteiger partial charge in [-0.2, -0.15) is 0 Å². The lowest BCUT2D eigenvalue weighted by molar-refractivity contribution is 0.849. The van der Waals surface area contributed by atoms with Gasteiger partial charge in [-0.1, -0.05) is 60.7 Å². The maximum atomic E-state index is 4.42. The second-order valence-electron chi connectivity index (χ2n) is 9.91. The third kappa shape index (κ3) is 3.10. The molecule has 0 fully saturated rings. The lowest BCUT2D eigenvalue weighted by Gasteiger charge is -2.19. The number of allylic oxidation sites excluding steroid dienone is 4. The van der Waals surface area contributed by atoms with Gasteiger partial charge in [0.25, 0.3) is 0 Å². The van der Waals surface area contributed by atoms with Crippen LogP contribution in [0.2, 0.25) is 0 Å². The number of para-hydroxylation sites is 2. The van der Waals surface area contributed by atoms with Gasteiger partial charge in [0.1, 0.15) is 0 Å². The van der Waals surface area contributed by atoms with Crippen LogP contribution in [0.4, 0.5) is 0 Å². The molecule has 0 N–H and O–H groups in total. The van der Waals surface area contributed by atoms with Crippen LogP contribution in [0.1, 0.15) is 17.9 Å². The van der Waals surface area contributed by atoms with Gasteiger partial charge < -0.3 is 9.13 Å². The lowest BCUT2D eigenvalue weighted by Crippen LogP contribution is -2.03. The molecule has 4 heterocycles. The number of fused-ring (bicyclic) bond motifs is 6. The van der Waals surface area contributed by atoms with Gasteiger partial charge in [-0.05, 0) is 54.5 Å². The van der Waals surface area contributed by atoms with Gasteiger partial charge in [0.15, 0.2) is 0 Å². The fourth-order valence-corrected chi connectivity index (χ4v) is 6.09. The van der Waals surface area contributed by atoms with Crippen molar-refractivity contribution in [2.24, 2.45) is 0 Å². The van der Waals surface area contributed by atoms with Crippen LogP contribution in [0.5, 0.6) is 0 Å². The molecule has 1 atom stereocenters. The second kappa shape index (κ2) is 8.29. The fourth-order valence-electron chi connectivity index (χ4n) is 6.09. The highest BCUT2D eigenvalue weighted by atomic mass is 15.0. The Labute approximate surface area is 219 Å². The third-order valence-electron chi connectivity index (χ3n) is 7.87. The zero-order valence-electron chi connectivity index (χ0n) is 20.7. The summed E-state index contributed by atoms with van der Waals surface area (Å²) in [6.45, 7) is 0. The van der Waals surface area contributed by atoms with Crippen molar-refractivity contribution >= 4 is 49.3 Å². The molecule has 4 nitrogen and oxygen atoms in total. The van der Waals surface area contributed by atoms with E-state index in [0.717, 1.165) is 23.1 Å². The molecule has 7 aromatic rings. The van der Waals surface area contributed by atoms with Crippen LogP contribution in [-0.2, 0) is 0 Å². The van der Waals surface area contributed by atoms with E-state index in [1.54, 1.807) is 0 Å². The highest BCUT2D eigenvalue weighted by Gasteiger charge is 2.17. The first-order valence-electron chi connectivity index (χ1n) is 13.0. The van der Waals surface area contributed by atoms with Crippen LogP contribution < -0.4 is 0 Å². The minimum atomic E-state index is 0.346. The highest BCUT2D eigenvalue weighted by molar-refractivity contribution is 6.10. The molecule has 1 aliphatic rings. The van der Waals surface area contributed by atoms with E-state index >= 15 is 0 Å². The quantitative estimate of drug-likeness (QED) is 0.251. The van der Waals surface area contributed by atoms with E-state index in [0.29, 0.717) is 5.92 Å². The van der Waals surface area contributed by atoms with E-state index in [9.17, 15) is 0 Å². The van der Waals surface area contributed by atoms with Gasteiger partial charge in [0.05, 0.1) is 34.5 Å². The van der Waals surface area contributed by atoms with Gasteiger partial charge in [-0.3, -0.25) is 9.97 Å². The first-order chi connectivity index (χ1) is 18.9. The van der Waals surface area contributed by atoms with Crippen LogP contribution in [-0.4, -0.2) is 19.1 Å². The molecule has 0 aliphatic heterocycles. The lowest BCUT2D eigenvalue weighted by atomic mass is 9.91. The number of pyridine rings is 2. The monoisotopic (exact) mass is 488 g/mol. The number of hydrogen-bond donors (Lipinski definition) is 0. The summed E-state index contributed by atoms with van der Waals surface area (Å²) in [5, 5.41) is 4.98. The van der Waals surface area contributed by atoms with Crippen molar-refractivity contribution < 1.29 is 0 Å². The molecule has 8 rings (SSSR count). The number of benzene rings is 3. The zero-order valence-corrected chi connectivity index (χ0v) is 20.7. The molecule has 0 radical (unpaired) electrons. The topological polar surface area (TPSA) is 35.6 Å². The normalized spacial score (nSPS) is 15.6. The molecule has 0 amide bonds. The van der Waals surface area contributed by atoms with E-state index in [2.05, 4.69) is 122 Å². The summed E-state index contributed by atoms with van der Waals surface area (Å²) >= 11 is 0. The second-order valence-corrected chi connectivity index (χ2v) is 9.91. The number of hydrogen-bond acceptors (Lipinski definition) is 2. The SMILES string of the molecule is C1=CC(c2ccc(-n3c4ccccc4c4ccncc43)cc2)CC=C1n1c2ccccc2c2ccncc21. The minimum absolute atomic E-state index is 0.346. The van der Waals surface area contributed by atoms with E-state index in [-0.39, 0.29) is 0 Å². The summed E-state index contributed by atoms with van der Waals surface area (Å²) in [6.07, 6.45) is 15.6. The number of rotatable bonds is 3. The van der Waals surface area contributed by atoms with E-state index in [1.165, 1.54) is 43.8 Å². The standard InChI is InChI=1S/C34H24N4/c1-3-7-31-27(5-1)29-17-19-35-21-33(29)37(31)25-13-9-23(10-14-25)24-11-15-26(16-12-24)38-32-8-4-2-6-28(32)30-18-20-36-22-34(30)38/h1-11,13-22,24H,12H2. The summed E-state index contributed by atoms with van der Waals surface area (Å²) in [5.41, 5.74) is 8.38. The average Bonchev–Trinajstić information content (AvgIpc) is 3.51. The highest BCUT2D eigenvalue weighted by Crippen LogP contribution is 2.36. The molecule has 180 valence electrons. The van der Waals surface area contributed by atoms with Crippen LogP contribution in [0.3, 0.4) is 0 Å². The molecule has 4 heteroatoms. The first kappa shape index (κ1) is 21.2. The van der Waals surface area contributed by atoms with Crippen molar-refractivity contribution in [1.29, 1.82) is 0 Å². The van der Waals surface area contributed by atoms with Crippen molar-refractivity contribution in [3.8, 4) is 5.69 Å². The van der Waals surface area contributed by atoms with E-state index in [4.69, 9.17) is 0 Å². The summed E-state index contributed by atoms with van der Waals surface area (Å²) in [5.74, 6) is 0.346. The van der Waals surface area contributed by atoms with Crippen molar-refractivity contribution in [3.63, 3.8) is 0 Å². The molecule has 4 aromatic heterocycles. The molecule has 38 heavy (non-hydrogen) atoms. The van der Waals surface area contributed by atoms with Crippen molar-refractivity contribution in [1.82, 2.24) is 19.1 Å². The summed E-state index contributed by atoms with van der Waals surface area (Å²) in [6, 6.07) is 30.4. The molecule has 0 saturated carbocycles. The van der Waals surface area contributed by atoms with Crippen LogP contribution >= 0.6 is 0 Å². The van der Waals surface area contributed by atoms with Gasteiger partial charge in [-0.15, -0.1) is 0 Å². The molecule has 3 aromatic carbocycles. The van der Waals surface area contributed by atoms with Gasteiger partial charge in [0.2, 0.25) is 0 Å². The van der Waals surface area contributed by atoms with Gasteiger partial charge >= 0.3 is 0 Å². The fraction of sp³-hybridized carbons (Fsp3) is 0.0588. The third-order valence-corrected chi connectivity index (χ3v) is 7.87. The van der Waals surface area contributed by atoms with Gasteiger partial charge in [-0.25, -0.2) is 0 Å². The predicted molar refractivity (Wildman–Crippen MR) is 157 cm³/mol. The Hall–Kier alpha value is -4.96. The van der Waals surface area contributed by atoms with Crippen LogP contribution in [0.15, 0.2) is 128 Å². The Bertz CT molecular complexity index is 1950. The Morgan fingerprint density at radius 2 is 1.16 bits per heavy atom. The Morgan fingerprint density at radius 1 is 0.579 bits per heavy atom. The van der Waals surface area contributed by atoms with Crippen molar-refractivity contribution in [3.05, 3.63) is 134 Å². The molecule has 0 saturated heterocycles. The van der Waals surface area contributed by atoms with Crippen molar-refractivity contribution in [2.75, 3.05) is 0 Å². The first-order valence-corrected chi connectivity index (χ1v) is 13.0. The zero-order chi connectivity index (χ0) is 25.1. The Kier molecular flexibility index (Phi) is 4.61. The molecule has 1 unspecified atom stereocenters. The maximum Gasteiger partial charge on any atom is 0.0724 e. The molecular weight excluding hydrogens is 464 g/mol. The molecular formula is C34H24N4.